The lowest BCUT2D eigenvalue weighted by Gasteiger charge is -2.08. The molecular weight excluding hydrogens is 272 g/mol. The minimum atomic E-state index is -0.581. The number of benzene rings is 1. The average molecular weight is 292 g/mol. The van der Waals surface area contributed by atoms with Gasteiger partial charge in [0.1, 0.15) is 0 Å². The number of rotatable bonds is 9. The molecule has 7 nitrogen and oxygen atoms in total. The SMILES string of the molecule is NCCNCCNCCNc1ccc2c(c1)C(=O)OC2=O. The number of anilines is 1. The lowest BCUT2D eigenvalue weighted by molar-refractivity contribution is 0.0444. The van der Waals surface area contributed by atoms with E-state index in [2.05, 4.69) is 20.7 Å². The van der Waals surface area contributed by atoms with Gasteiger partial charge in [0.15, 0.2) is 0 Å². The van der Waals surface area contributed by atoms with Crippen molar-refractivity contribution in [1.29, 1.82) is 0 Å². The van der Waals surface area contributed by atoms with Crippen LogP contribution in [0.5, 0.6) is 0 Å². The molecule has 1 aliphatic rings. The molecule has 1 heterocycles. The monoisotopic (exact) mass is 292 g/mol. The van der Waals surface area contributed by atoms with E-state index >= 15 is 0 Å². The van der Waals surface area contributed by atoms with E-state index in [4.69, 9.17) is 5.73 Å². The molecule has 0 aliphatic carbocycles. The first-order chi connectivity index (χ1) is 10.2. The fourth-order valence-electron chi connectivity index (χ4n) is 2.02. The van der Waals surface area contributed by atoms with E-state index in [1.165, 1.54) is 0 Å². The van der Waals surface area contributed by atoms with Gasteiger partial charge in [-0.2, -0.15) is 0 Å². The highest BCUT2D eigenvalue weighted by molar-refractivity contribution is 6.15. The Morgan fingerprint density at radius 3 is 2.33 bits per heavy atom. The summed E-state index contributed by atoms with van der Waals surface area (Å²) in [5, 5.41) is 9.65. The number of hydrogen-bond acceptors (Lipinski definition) is 7. The summed E-state index contributed by atoms with van der Waals surface area (Å²) in [4.78, 5) is 22.7. The van der Waals surface area contributed by atoms with Gasteiger partial charge in [-0.05, 0) is 18.2 Å². The van der Waals surface area contributed by atoms with Crippen molar-refractivity contribution >= 4 is 17.6 Å². The molecule has 0 unspecified atom stereocenters. The molecule has 0 radical (unpaired) electrons. The minimum Gasteiger partial charge on any atom is -0.386 e. The molecule has 1 aromatic carbocycles. The summed E-state index contributed by atoms with van der Waals surface area (Å²) in [6.45, 7) is 4.73. The van der Waals surface area contributed by atoms with E-state index in [0.717, 1.165) is 38.4 Å². The summed E-state index contributed by atoms with van der Waals surface area (Å²) >= 11 is 0. The third kappa shape index (κ3) is 4.25. The fraction of sp³-hybridized carbons (Fsp3) is 0.429. The Morgan fingerprint density at radius 1 is 0.905 bits per heavy atom. The molecule has 0 aromatic heterocycles. The average Bonchev–Trinajstić information content (AvgIpc) is 2.76. The minimum absolute atomic E-state index is 0.323. The van der Waals surface area contributed by atoms with Crippen LogP contribution in [0.1, 0.15) is 20.7 Å². The van der Waals surface area contributed by atoms with Crippen molar-refractivity contribution in [2.75, 3.05) is 44.6 Å². The second kappa shape index (κ2) is 7.72. The standard InChI is InChI=1S/C14H20N4O3/c15-3-4-16-5-6-17-7-8-18-10-1-2-11-12(9-10)14(20)21-13(11)19/h1-2,9,16-18H,3-8,15H2. The zero-order valence-corrected chi connectivity index (χ0v) is 11.8. The Balaban J connectivity index is 1.69. The Bertz CT molecular complexity index is 519. The van der Waals surface area contributed by atoms with Crippen LogP contribution in [0.2, 0.25) is 0 Å². The Morgan fingerprint density at radius 2 is 1.57 bits per heavy atom. The molecule has 1 aromatic rings. The van der Waals surface area contributed by atoms with Crippen molar-refractivity contribution in [2.45, 2.75) is 0 Å². The number of ether oxygens (including phenoxy) is 1. The maximum Gasteiger partial charge on any atom is 0.346 e. The van der Waals surface area contributed by atoms with E-state index in [9.17, 15) is 9.59 Å². The van der Waals surface area contributed by atoms with Crippen molar-refractivity contribution in [1.82, 2.24) is 10.6 Å². The van der Waals surface area contributed by atoms with Crippen LogP contribution < -0.4 is 21.7 Å². The van der Waals surface area contributed by atoms with Gasteiger partial charge in [-0.1, -0.05) is 0 Å². The Hall–Kier alpha value is -1.96. The van der Waals surface area contributed by atoms with Crippen LogP contribution in [0.15, 0.2) is 18.2 Å². The molecule has 21 heavy (non-hydrogen) atoms. The van der Waals surface area contributed by atoms with E-state index in [1.807, 2.05) is 0 Å². The van der Waals surface area contributed by atoms with Gasteiger partial charge in [0, 0.05) is 45.0 Å². The van der Waals surface area contributed by atoms with Crippen LogP contribution in [0.4, 0.5) is 5.69 Å². The summed E-state index contributed by atoms with van der Waals surface area (Å²) in [5.41, 5.74) is 6.81. The zero-order valence-electron chi connectivity index (χ0n) is 11.8. The first-order valence-electron chi connectivity index (χ1n) is 6.98. The molecule has 7 heteroatoms. The third-order valence-electron chi connectivity index (χ3n) is 3.08. The van der Waals surface area contributed by atoms with Crippen molar-refractivity contribution in [3.63, 3.8) is 0 Å². The number of hydrogen-bond donors (Lipinski definition) is 4. The number of esters is 2. The summed E-state index contributed by atoms with van der Waals surface area (Å²) in [7, 11) is 0. The second-order valence-electron chi connectivity index (χ2n) is 4.65. The molecule has 0 atom stereocenters. The van der Waals surface area contributed by atoms with Gasteiger partial charge in [-0.25, -0.2) is 9.59 Å². The topological polar surface area (TPSA) is 105 Å². The molecule has 114 valence electrons. The fourth-order valence-corrected chi connectivity index (χ4v) is 2.02. The van der Waals surface area contributed by atoms with Crippen molar-refractivity contribution < 1.29 is 14.3 Å². The molecule has 5 N–H and O–H groups in total. The first kappa shape index (κ1) is 15.4. The second-order valence-corrected chi connectivity index (χ2v) is 4.65. The smallest absolute Gasteiger partial charge is 0.346 e. The van der Waals surface area contributed by atoms with Crippen LogP contribution in [0, 0.1) is 0 Å². The number of nitrogens with two attached hydrogens (primary N) is 1. The van der Waals surface area contributed by atoms with Gasteiger partial charge in [-0.15, -0.1) is 0 Å². The molecule has 1 aliphatic heterocycles. The highest BCUT2D eigenvalue weighted by Gasteiger charge is 2.29. The quantitative estimate of drug-likeness (QED) is 0.277. The van der Waals surface area contributed by atoms with Gasteiger partial charge < -0.3 is 26.4 Å². The van der Waals surface area contributed by atoms with E-state index in [0.29, 0.717) is 17.7 Å². The molecule has 0 fully saturated rings. The van der Waals surface area contributed by atoms with Crippen LogP contribution in [0.3, 0.4) is 0 Å². The van der Waals surface area contributed by atoms with Gasteiger partial charge in [0.2, 0.25) is 0 Å². The van der Waals surface area contributed by atoms with E-state index in [1.54, 1.807) is 18.2 Å². The van der Waals surface area contributed by atoms with Crippen molar-refractivity contribution in [3.8, 4) is 0 Å². The first-order valence-corrected chi connectivity index (χ1v) is 6.98. The Labute approximate surface area is 123 Å². The molecule has 0 amide bonds. The van der Waals surface area contributed by atoms with Gasteiger partial charge in [0.25, 0.3) is 0 Å². The third-order valence-corrected chi connectivity index (χ3v) is 3.08. The molecule has 0 spiro atoms. The lowest BCUT2D eigenvalue weighted by atomic mass is 10.1. The van der Waals surface area contributed by atoms with Crippen LogP contribution in [0.25, 0.3) is 0 Å². The zero-order chi connectivity index (χ0) is 15.1. The largest absolute Gasteiger partial charge is 0.386 e. The van der Waals surface area contributed by atoms with Gasteiger partial charge >= 0.3 is 11.9 Å². The maximum absolute atomic E-state index is 11.4. The highest BCUT2D eigenvalue weighted by atomic mass is 16.6. The van der Waals surface area contributed by atoms with Gasteiger partial charge in [-0.3, -0.25) is 0 Å². The number of carbonyl (C=O) groups excluding carboxylic acids is 2. The summed E-state index contributed by atoms with van der Waals surface area (Å²) in [6.07, 6.45) is 0. The van der Waals surface area contributed by atoms with E-state index in [-0.39, 0.29) is 0 Å². The lowest BCUT2D eigenvalue weighted by Crippen LogP contribution is -2.32. The predicted octanol–water partition coefficient (Wildman–Crippen LogP) is -0.453. The van der Waals surface area contributed by atoms with E-state index < -0.39 is 11.9 Å². The van der Waals surface area contributed by atoms with Gasteiger partial charge in [0.05, 0.1) is 11.1 Å². The molecule has 0 saturated carbocycles. The predicted molar refractivity (Wildman–Crippen MR) is 79.5 cm³/mol. The summed E-state index contributed by atoms with van der Waals surface area (Å²) in [6, 6.07) is 5.02. The summed E-state index contributed by atoms with van der Waals surface area (Å²) < 4.78 is 4.54. The van der Waals surface area contributed by atoms with Crippen molar-refractivity contribution in [3.05, 3.63) is 29.3 Å². The molecule has 0 saturated heterocycles. The normalized spacial score (nSPS) is 13.2. The molecule has 0 bridgehead atoms. The van der Waals surface area contributed by atoms with Crippen LogP contribution in [-0.4, -0.2) is 51.2 Å². The number of fused-ring (bicyclic) bond motifs is 1. The molecular formula is C14H20N4O3. The summed E-state index contributed by atoms with van der Waals surface area (Å²) in [5.74, 6) is -1.16. The van der Waals surface area contributed by atoms with Crippen molar-refractivity contribution in [2.24, 2.45) is 5.73 Å². The highest BCUT2D eigenvalue weighted by Crippen LogP contribution is 2.23. The Kier molecular flexibility index (Phi) is 5.68. The number of nitrogens with one attached hydrogen (secondary N) is 3. The van der Waals surface area contributed by atoms with Crippen LogP contribution >= 0.6 is 0 Å². The maximum atomic E-state index is 11.4. The number of carbonyl (C=O) groups is 2. The molecule has 2 rings (SSSR count). The number of cyclic esters (lactones) is 2. The van der Waals surface area contributed by atoms with Crippen LogP contribution in [-0.2, 0) is 4.74 Å².